The van der Waals surface area contributed by atoms with Gasteiger partial charge in [-0.3, -0.25) is 0 Å². The third-order valence-electron chi connectivity index (χ3n) is 0. The van der Waals surface area contributed by atoms with Crippen LogP contribution in [-0.2, 0) is 0 Å². The molecule has 0 aliphatic heterocycles. The van der Waals surface area contributed by atoms with Crippen molar-refractivity contribution in [3.8, 4) is 12.3 Å². The summed E-state index contributed by atoms with van der Waals surface area (Å²) >= 11 is 4.19. The van der Waals surface area contributed by atoms with Crippen molar-refractivity contribution in [2.24, 2.45) is 0 Å². The summed E-state index contributed by atoms with van der Waals surface area (Å²) in [7, 11) is 0. The van der Waals surface area contributed by atoms with Gasteiger partial charge in [0.15, 0.2) is 0 Å². The third-order valence-corrected chi connectivity index (χ3v) is 0. The van der Waals surface area contributed by atoms with Crippen LogP contribution in [0.15, 0.2) is 0 Å². The van der Waals surface area contributed by atoms with Crippen molar-refractivity contribution >= 4 is 17.0 Å². The van der Waals surface area contributed by atoms with Crippen LogP contribution < -0.4 is 0 Å². The fourth-order valence-corrected chi connectivity index (χ4v) is 0. The van der Waals surface area contributed by atoms with Crippen LogP contribution in [0.1, 0.15) is 6.92 Å². The van der Waals surface area contributed by atoms with Gasteiger partial charge in [-0.1, -0.05) is 0 Å². The van der Waals surface area contributed by atoms with Crippen molar-refractivity contribution in [2.45, 2.75) is 6.92 Å². The monoisotopic (exact) mass is 120 g/mol. The summed E-state index contributed by atoms with van der Waals surface area (Å²) in [5.41, 5.74) is -1.36. The van der Waals surface area contributed by atoms with Crippen molar-refractivity contribution in [3.63, 3.8) is 0 Å². The zero-order valence-corrected chi connectivity index (χ0v) is 4.57. The standard InChI is InChI=1S/C3H4.CHClO2/c1-3-2;2-1(3)4/h1H,2H3;(H,3,4). The number of rotatable bonds is 0. The van der Waals surface area contributed by atoms with Crippen LogP contribution in [0.2, 0.25) is 0 Å². The van der Waals surface area contributed by atoms with Crippen molar-refractivity contribution in [1.82, 2.24) is 0 Å². The average Bonchev–Trinajstić information content (AvgIpc) is 1.33. The van der Waals surface area contributed by atoms with Crippen molar-refractivity contribution in [2.75, 3.05) is 0 Å². The summed E-state index contributed by atoms with van der Waals surface area (Å²) in [5.74, 6) is 2.25. The highest BCUT2D eigenvalue weighted by molar-refractivity contribution is 6.60. The van der Waals surface area contributed by atoms with E-state index in [-0.39, 0.29) is 0 Å². The summed E-state index contributed by atoms with van der Waals surface area (Å²) in [6.07, 6.45) is 4.60. The topological polar surface area (TPSA) is 37.3 Å². The van der Waals surface area contributed by atoms with Gasteiger partial charge in [0.1, 0.15) is 0 Å². The molecule has 0 saturated heterocycles. The fourth-order valence-electron chi connectivity index (χ4n) is 0. The second-order valence-electron chi connectivity index (χ2n) is 0.542. The summed E-state index contributed by atoms with van der Waals surface area (Å²) in [6.45, 7) is 1.65. The number of hydrogen-bond donors (Lipinski definition) is 1. The lowest BCUT2D eigenvalue weighted by Crippen LogP contribution is -1.66. The van der Waals surface area contributed by atoms with Crippen LogP contribution in [0.25, 0.3) is 0 Å². The molecule has 0 amide bonds. The van der Waals surface area contributed by atoms with E-state index in [4.69, 9.17) is 9.90 Å². The molecular formula is C4H5ClO2. The smallest absolute Gasteiger partial charge is 0.401 e. The summed E-state index contributed by atoms with van der Waals surface area (Å²) in [4.78, 5) is 8.77. The summed E-state index contributed by atoms with van der Waals surface area (Å²) < 4.78 is 0. The van der Waals surface area contributed by atoms with E-state index >= 15 is 0 Å². The number of carbonyl (C=O) groups is 1. The third kappa shape index (κ3) is 127. The van der Waals surface area contributed by atoms with Crippen LogP contribution >= 0.6 is 11.6 Å². The highest BCUT2D eigenvalue weighted by Crippen LogP contribution is 1.67. The van der Waals surface area contributed by atoms with Gasteiger partial charge in [-0.2, -0.15) is 0 Å². The first kappa shape index (κ1) is 9.58. The minimum Gasteiger partial charge on any atom is -0.469 e. The van der Waals surface area contributed by atoms with E-state index in [0.717, 1.165) is 0 Å². The first-order valence-corrected chi connectivity index (χ1v) is 1.78. The molecule has 0 heterocycles. The van der Waals surface area contributed by atoms with E-state index in [0.29, 0.717) is 0 Å². The van der Waals surface area contributed by atoms with Gasteiger partial charge in [0.05, 0.1) is 0 Å². The maximum Gasteiger partial charge on any atom is 0.401 e. The van der Waals surface area contributed by atoms with E-state index in [1.165, 1.54) is 0 Å². The van der Waals surface area contributed by atoms with Gasteiger partial charge in [0.25, 0.3) is 0 Å². The van der Waals surface area contributed by atoms with Gasteiger partial charge in [0, 0.05) is 11.6 Å². The molecule has 0 rings (SSSR count). The Morgan fingerprint density at radius 3 is 2.00 bits per heavy atom. The van der Waals surface area contributed by atoms with Crippen LogP contribution in [0.5, 0.6) is 0 Å². The van der Waals surface area contributed by atoms with E-state index in [1.54, 1.807) is 6.92 Å². The Morgan fingerprint density at radius 2 is 2.00 bits per heavy atom. The van der Waals surface area contributed by atoms with E-state index in [9.17, 15) is 0 Å². The van der Waals surface area contributed by atoms with E-state index in [2.05, 4.69) is 23.9 Å². The highest BCUT2D eigenvalue weighted by Gasteiger charge is 1.71. The van der Waals surface area contributed by atoms with Crippen molar-refractivity contribution < 1.29 is 9.90 Å². The van der Waals surface area contributed by atoms with Gasteiger partial charge < -0.3 is 5.11 Å². The molecule has 1 N–H and O–H groups in total. The first-order valence-electron chi connectivity index (χ1n) is 1.41. The Morgan fingerprint density at radius 1 is 2.00 bits per heavy atom. The number of carboxylic acid groups (broad SMARTS) is 1. The van der Waals surface area contributed by atoms with Gasteiger partial charge in [-0.05, 0) is 6.92 Å². The van der Waals surface area contributed by atoms with Crippen LogP contribution in [0.4, 0.5) is 4.79 Å². The highest BCUT2D eigenvalue weighted by atomic mass is 35.5. The molecule has 0 atom stereocenters. The first-order chi connectivity index (χ1) is 3.15. The molecule has 0 aliphatic rings. The van der Waals surface area contributed by atoms with Crippen LogP contribution in [0, 0.1) is 12.3 Å². The normalized spacial score (nSPS) is 4.71. The zero-order valence-electron chi connectivity index (χ0n) is 3.81. The minimum absolute atomic E-state index is 1.36. The second-order valence-corrected chi connectivity index (χ2v) is 0.865. The molecule has 40 valence electrons. The SMILES string of the molecule is C#CC.O=C(O)Cl. The maximum absolute atomic E-state index is 8.77. The lowest BCUT2D eigenvalue weighted by atomic mass is 10.9. The molecule has 0 aromatic heterocycles. The Kier molecular flexibility index (Phi) is 12.3. The Balaban J connectivity index is 0. The lowest BCUT2D eigenvalue weighted by Gasteiger charge is -1.55. The quantitative estimate of drug-likeness (QED) is 0.389. The molecule has 0 aromatic rings. The number of hydrogen-bond acceptors (Lipinski definition) is 1. The molecule has 0 fully saturated rings. The molecule has 0 aliphatic carbocycles. The molecule has 0 bridgehead atoms. The Labute approximate surface area is 47.1 Å². The number of halogens is 1. The fraction of sp³-hybridized carbons (Fsp3) is 0.250. The molecule has 0 aromatic carbocycles. The summed E-state index contributed by atoms with van der Waals surface area (Å²) in [6, 6.07) is 0. The molecule has 0 saturated carbocycles. The van der Waals surface area contributed by atoms with Crippen LogP contribution in [-0.4, -0.2) is 10.5 Å². The van der Waals surface area contributed by atoms with Gasteiger partial charge >= 0.3 is 5.43 Å². The molecule has 7 heavy (non-hydrogen) atoms. The Hall–Kier alpha value is -0.680. The molecule has 2 nitrogen and oxygen atoms in total. The molecular weight excluding hydrogens is 115 g/mol. The van der Waals surface area contributed by atoms with Gasteiger partial charge in [-0.15, -0.1) is 12.3 Å². The van der Waals surface area contributed by atoms with Gasteiger partial charge in [0.2, 0.25) is 0 Å². The average molecular weight is 121 g/mol. The number of terminal acetylenes is 1. The summed E-state index contributed by atoms with van der Waals surface area (Å²) in [5, 5.41) is 7.18. The Bertz CT molecular complexity index is 78.2. The maximum atomic E-state index is 8.77. The lowest BCUT2D eigenvalue weighted by molar-refractivity contribution is 0.220. The molecule has 0 unspecified atom stereocenters. The largest absolute Gasteiger partial charge is 0.469 e. The predicted octanol–water partition coefficient (Wildman–Crippen LogP) is 1.54. The molecule has 0 radical (unpaired) electrons. The minimum atomic E-state index is -1.36. The van der Waals surface area contributed by atoms with E-state index < -0.39 is 5.43 Å². The predicted molar refractivity (Wildman–Crippen MR) is 28.4 cm³/mol. The molecule has 0 spiro atoms. The zero-order chi connectivity index (χ0) is 6.28. The second kappa shape index (κ2) is 9.01. The van der Waals surface area contributed by atoms with Crippen molar-refractivity contribution in [1.29, 1.82) is 0 Å². The van der Waals surface area contributed by atoms with Crippen LogP contribution in [0.3, 0.4) is 0 Å². The van der Waals surface area contributed by atoms with Gasteiger partial charge in [-0.25, -0.2) is 4.79 Å². The van der Waals surface area contributed by atoms with E-state index in [1.807, 2.05) is 0 Å². The molecule has 3 heteroatoms. The van der Waals surface area contributed by atoms with Crippen molar-refractivity contribution in [3.05, 3.63) is 0 Å².